The van der Waals surface area contributed by atoms with E-state index >= 15 is 0 Å². The second-order valence-electron chi connectivity index (χ2n) is 5.83. The molecule has 0 radical (unpaired) electrons. The van der Waals surface area contributed by atoms with E-state index in [2.05, 4.69) is 17.4 Å². The van der Waals surface area contributed by atoms with Gasteiger partial charge in [-0.2, -0.15) is 5.26 Å². The van der Waals surface area contributed by atoms with Crippen molar-refractivity contribution in [3.63, 3.8) is 0 Å². The molecule has 2 rings (SSSR count). The van der Waals surface area contributed by atoms with Crippen LogP contribution in [0.5, 0.6) is 5.75 Å². The topological polar surface area (TPSA) is 62.1 Å². The van der Waals surface area contributed by atoms with Crippen LogP contribution in [0.4, 0.5) is 0 Å². The lowest BCUT2D eigenvalue weighted by Gasteiger charge is -2.18. The average Bonchev–Trinajstić information content (AvgIpc) is 2.61. The highest BCUT2D eigenvalue weighted by atomic mass is 16.5. The van der Waals surface area contributed by atoms with Gasteiger partial charge in [0.05, 0.1) is 11.6 Å². The van der Waals surface area contributed by atoms with Crippen LogP contribution < -0.4 is 10.1 Å². The lowest BCUT2D eigenvalue weighted by atomic mass is 10.1. The molecule has 0 spiro atoms. The normalized spacial score (nSPS) is 12.7. The summed E-state index contributed by atoms with van der Waals surface area (Å²) >= 11 is 0. The molecule has 0 aliphatic carbocycles. The molecule has 0 heterocycles. The van der Waals surface area contributed by atoms with E-state index in [9.17, 15) is 4.79 Å². The fraction of sp³-hybridized carbons (Fsp3) is 0.300. The van der Waals surface area contributed by atoms with E-state index in [-0.39, 0.29) is 11.9 Å². The summed E-state index contributed by atoms with van der Waals surface area (Å²) in [6, 6.07) is 19.1. The Bertz CT molecular complexity index is 690. The van der Waals surface area contributed by atoms with Gasteiger partial charge in [0.1, 0.15) is 5.75 Å². The van der Waals surface area contributed by atoms with E-state index in [1.165, 1.54) is 5.56 Å². The zero-order chi connectivity index (χ0) is 17.4. The van der Waals surface area contributed by atoms with E-state index in [1.54, 1.807) is 31.2 Å². The van der Waals surface area contributed by atoms with Crippen molar-refractivity contribution in [2.75, 3.05) is 0 Å². The minimum atomic E-state index is -0.586. The zero-order valence-corrected chi connectivity index (χ0v) is 14.0. The number of nitrogens with zero attached hydrogens (tertiary/aromatic N) is 1. The second kappa shape index (κ2) is 8.73. The van der Waals surface area contributed by atoms with Crippen LogP contribution in [0.2, 0.25) is 0 Å². The Balaban J connectivity index is 1.78. The molecule has 124 valence electrons. The summed E-state index contributed by atoms with van der Waals surface area (Å²) in [6.07, 6.45) is 1.21. The maximum Gasteiger partial charge on any atom is 0.260 e. The van der Waals surface area contributed by atoms with E-state index in [0.29, 0.717) is 11.3 Å². The quantitative estimate of drug-likeness (QED) is 0.849. The SMILES string of the molecule is C[C@H](Oc1ccc(C#N)cc1)C(=O)N[C@@H](C)CCc1ccccc1. The molecule has 4 nitrogen and oxygen atoms in total. The third-order valence-corrected chi connectivity index (χ3v) is 3.76. The molecule has 4 heteroatoms. The molecule has 0 saturated carbocycles. The molecule has 0 aliphatic heterocycles. The van der Waals surface area contributed by atoms with Gasteiger partial charge in [-0.3, -0.25) is 4.79 Å². The predicted molar refractivity (Wildman–Crippen MR) is 93.6 cm³/mol. The Labute approximate surface area is 143 Å². The average molecular weight is 322 g/mol. The molecule has 24 heavy (non-hydrogen) atoms. The van der Waals surface area contributed by atoms with Crippen molar-refractivity contribution >= 4 is 5.91 Å². The van der Waals surface area contributed by atoms with Crippen LogP contribution in [0.15, 0.2) is 54.6 Å². The van der Waals surface area contributed by atoms with Crippen LogP contribution in [0.1, 0.15) is 31.4 Å². The number of carbonyl (C=O) groups excluding carboxylic acids is 1. The van der Waals surface area contributed by atoms with Crippen molar-refractivity contribution in [3.8, 4) is 11.8 Å². The van der Waals surface area contributed by atoms with Crippen molar-refractivity contribution in [1.29, 1.82) is 5.26 Å². The van der Waals surface area contributed by atoms with Gasteiger partial charge in [0, 0.05) is 6.04 Å². The summed E-state index contributed by atoms with van der Waals surface area (Å²) in [5.74, 6) is 0.438. The number of carbonyl (C=O) groups is 1. The number of amides is 1. The fourth-order valence-corrected chi connectivity index (χ4v) is 2.33. The van der Waals surface area contributed by atoms with Crippen molar-refractivity contribution in [2.24, 2.45) is 0 Å². The Morgan fingerprint density at radius 1 is 1.12 bits per heavy atom. The maximum atomic E-state index is 12.2. The van der Waals surface area contributed by atoms with Gasteiger partial charge in [0.25, 0.3) is 5.91 Å². The number of nitrogens with one attached hydrogen (secondary N) is 1. The maximum absolute atomic E-state index is 12.2. The van der Waals surface area contributed by atoms with Crippen LogP contribution >= 0.6 is 0 Å². The molecule has 1 amide bonds. The van der Waals surface area contributed by atoms with Gasteiger partial charge in [0.2, 0.25) is 0 Å². The molecule has 0 bridgehead atoms. The van der Waals surface area contributed by atoms with Crippen LogP contribution in [-0.4, -0.2) is 18.1 Å². The first-order valence-electron chi connectivity index (χ1n) is 8.09. The van der Waals surface area contributed by atoms with Gasteiger partial charge in [-0.1, -0.05) is 30.3 Å². The van der Waals surface area contributed by atoms with Crippen LogP contribution in [0.25, 0.3) is 0 Å². The number of aryl methyl sites for hydroxylation is 1. The van der Waals surface area contributed by atoms with Crippen molar-refractivity contribution in [3.05, 3.63) is 65.7 Å². The van der Waals surface area contributed by atoms with Crippen molar-refractivity contribution < 1.29 is 9.53 Å². The minimum absolute atomic E-state index is 0.0738. The molecule has 2 aromatic carbocycles. The second-order valence-corrected chi connectivity index (χ2v) is 5.83. The van der Waals surface area contributed by atoms with Crippen molar-refractivity contribution in [2.45, 2.75) is 38.8 Å². The monoisotopic (exact) mass is 322 g/mol. The fourth-order valence-electron chi connectivity index (χ4n) is 2.33. The first kappa shape index (κ1) is 17.6. The molecule has 0 aromatic heterocycles. The third kappa shape index (κ3) is 5.44. The summed E-state index contributed by atoms with van der Waals surface area (Å²) in [7, 11) is 0. The largest absolute Gasteiger partial charge is 0.481 e. The summed E-state index contributed by atoms with van der Waals surface area (Å²) in [4.78, 5) is 12.2. The lowest BCUT2D eigenvalue weighted by molar-refractivity contribution is -0.127. The van der Waals surface area contributed by atoms with Crippen LogP contribution in [0, 0.1) is 11.3 Å². The predicted octanol–water partition coefficient (Wildman–Crippen LogP) is 3.46. The Hall–Kier alpha value is -2.80. The molecule has 2 atom stereocenters. The highest BCUT2D eigenvalue weighted by molar-refractivity contribution is 5.80. The van der Waals surface area contributed by atoms with Gasteiger partial charge in [0.15, 0.2) is 6.10 Å². The summed E-state index contributed by atoms with van der Waals surface area (Å²) in [6.45, 7) is 3.72. The zero-order valence-electron chi connectivity index (χ0n) is 14.0. The number of ether oxygens (including phenoxy) is 1. The third-order valence-electron chi connectivity index (χ3n) is 3.76. The molecular weight excluding hydrogens is 300 g/mol. The van der Waals surface area contributed by atoms with Gasteiger partial charge in [-0.15, -0.1) is 0 Å². The Morgan fingerprint density at radius 3 is 2.42 bits per heavy atom. The number of hydrogen-bond acceptors (Lipinski definition) is 3. The summed E-state index contributed by atoms with van der Waals surface area (Å²) < 4.78 is 5.62. The van der Waals surface area contributed by atoms with E-state index in [1.807, 2.05) is 31.2 Å². The first-order valence-corrected chi connectivity index (χ1v) is 8.09. The minimum Gasteiger partial charge on any atom is -0.481 e. The molecule has 2 aromatic rings. The van der Waals surface area contributed by atoms with Crippen molar-refractivity contribution in [1.82, 2.24) is 5.32 Å². The van der Waals surface area contributed by atoms with E-state index < -0.39 is 6.10 Å². The van der Waals surface area contributed by atoms with Crippen LogP contribution in [-0.2, 0) is 11.2 Å². The molecule has 0 fully saturated rings. The molecule has 1 N–H and O–H groups in total. The Kier molecular flexibility index (Phi) is 6.39. The number of nitriles is 1. The smallest absolute Gasteiger partial charge is 0.260 e. The molecular formula is C20H22N2O2. The van der Waals surface area contributed by atoms with Gasteiger partial charge < -0.3 is 10.1 Å². The van der Waals surface area contributed by atoms with E-state index in [4.69, 9.17) is 10.00 Å². The van der Waals surface area contributed by atoms with Crippen LogP contribution in [0.3, 0.4) is 0 Å². The highest BCUT2D eigenvalue weighted by Gasteiger charge is 2.16. The molecule has 0 saturated heterocycles. The van der Waals surface area contributed by atoms with E-state index in [0.717, 1.165) is 12.8 Å². The van der Waals surface area contributed by atoms with Gasteiger partial charge in [-0.25, -0.2) is 0 Å². The first-order chi connectivity index (χ1) is 11.6. The molecule has 0 unspecified atom stereocenters. The van der Waals surface area contributed by atoms with Gasteiger partial charge in [-0.05, 0) is 56.5 Å². The van der Waals surface area contributed by atoms with Gasteiger partial charge >= 0.3 is 0 Å². The number of benzene rings is 2. The number of hydrogen-bond donors (Lipinski definition) is 1. The standard InChI is InChI=1S/C20H22N2O2/c1-15(8-9-17-6-4-3-5-7-17)22-20(23)16(2)24-19-12-10-18(14-21)11-13-19/h3-7,10-13,15-16H,8-9H2,1-2H3,(H,22,23)/t15-,16-/m0/s1. The summed E-state index contributed by atoms with van der Waals surface area (Å²) in [5, 5.41) is 11.8. The number of rotatable bonds is 7. The summed E-state index contributed by atoms with van der Waals surface area (Å²) in [5.41, 5.74) is 1.83. The molecule has 0 aliphatic rings. The Morgan fingerprint density at radius 2 is 1.79 bits per heavy atom. The lowest BCUT2D eigenvalue weighted by Crippen LogP contribution is -2.41. The highest BCUT2D eigenvalue weighted by Crippen LogP contribution is 2.13.